The van der Waals surface area contributed by atoms with Crippen molar-refractivity contribution in [1.29, 1.82) is 0 Å². The third-order valence-electron chi connectivity index (χ3n) is 5.24. The first-order valence-corrected chi connectivity index (χ1v) is 12.1. The summed E-state index contributed by atoms with van der Waals surface area (Å²) in [5.41, 5.74) is 1.45. The van der Waals surface area contributed by atoms with Crippen molar-refractivity contribution < 1.29 is 22.9 Å². The Morgan fingerprint density at radius 2 is 1.91 bits per heavy atom. The van der Waals surface area contributed by atoms with Gasteiger partial charge in [-0.05, 0) is 30.7 Å². The zero-order chi connectivity index (χ0) is 23.8. The highest BCUT2D eigenvalue weighted by Crippen LogP contribution is 2.31. The van der Waals surface area contributed by atoms with E-state index in [0.717, 1.165) is 53.0 Å². The SMILES string of the molecule is Cc1ccccc1N1CC(C(=O)Nc2ncc(S(=O)(=O)c3ccc([N+](=O)[O-])cc3)s2)CC1=O. The van der Waals surface area contributed by atoms with Crippen LogP contribution in [-0.4, -0.2) is 36.7 Å². The maximum Gasteiger partial charge on any atom is 0.269 e. The Balaban J connectivity index is 1.46. The number of hydrogen-bond donors (Lipinski definition) is 1. The molecule has 10 nitrogen and oxygen atoms in total. The fraction of sp³-hybridized carbons (Fsp3) is 0.190. The third kappa shape index (κ3) is 4.47. The quantitative estimate of drug-likeness (QED) is 0.417. The van der Waals surface area contributed by atoms with Crippen LogP contribution in [0.3, 0.4) is 0 Å². The smallest absolute Gasteiger partial charge is 0.269 e. The minimum Gasteiger partial charge on any atom is -0.311 e. The molecule has 1 aliphatic heterocycles. The van der Waals surface area contributed by atoms with Crippen molar-refractivity contribution in [3.05, 3.63) is 70.4 Å². The van der Waals surface area contributed by atoms with Crippen molar-refractivity contribution in [2.75, 3.05) is 16.8 Å². The predicted molar refractivity (Wildman–Crippen MR) is 121 cm³/mol. The lowest BCUT2D eigenvalue weighted by Crippen LogP contribution is -2.28. The van der Waals surface area contributed by atoms with E-state index in [4.69, 9.17) is 0 Å². The van der Waals surface area contributed by atoms with Gasteiger partial charge in [0.05, 0.1) is 21.9 Å². The molecule has 1 fully saturated rings. The molecule has 1 aromatic heterocycles. The van der Waals surface area contributed by atoms with E-state index in [-0.39, 0.29) is 38.8 Å². The van der Waals surface area contributed by atoms with Crippen LogP contribution in [0.15, 0.2) is 63.8 Å². The monoisotopic (exact) mass is 486 g/mol. The second-order valence-corrected chi connectivity index (χ2v) is 10.6. The van der Waals surface area contributed by atoms with Crippen LogP contribution in [-0.2, 0) is 19.4 Å². The number of carbonyl (C=O) groups excluding carboxylic acids is 2. The van der Waals surface area contributed by atoms with Crippen LogP contribution in [0.1, 0.15) is 12.0 Å². The molecule has 0 spiro atoms. The molecule has 2 heterocycles. The molecule has 12 heteroatoms. The van der Waals surface area contributed by atoms with Gasteiger partial charge in [-0.3, -0.25) is 19.7 Å². The molecule has 3 aromatic rings. The molecule has 0 saturated carbocycles. The maximum atomic E-state index is 12.8. The molecule has 0 bridgehead atoms. The van der Waals surface area contributed by atoms with Gasteiger partial charge < -0.3 is 10.2 Å². The lowest BCUT2D eigenvalue weighted by Gasteiger charge is -2.18. The Hall–Kier alpha value is -3.64. The number of anilines is 2. The molecule has 1 unspecified atom stereocenters. The van der Waals surface area contributed by atoms with Gasteiger partial charge in [-0.1, -0.05) is 29.5 Å². The zero-order valence-corrected chi connectivity index (χ0v) is 18.9. The number of carbonyl (C=O) groups is 2. The summed E-state index contributed by atoms with van der Waals surface area (Å²) < 4.78 is 25.4. The molecule has 1 N–H and O–H groups in total. The number of amides is 2. The van der Waals surface area contributed by atoms with Gasteiger partial charge in [0.1, 0.15) is 4.21 Å². The molecule has 0 aliphatic carbocycles. The predicted octanol–water partition coefficient (Wildman–Crippen LogP) is 3.18. The second kappa shape index (κ2) is 8.71. The van der Waals surface area contributed by atoms with Crippen molar-refractivity contribution in [3.63, 3.8) is 0 Å². The fourth-order valence-corrected chi connectivity index (χ4v) is 5.93. The van der Waals surface area contributed by atoms with Gasteiger partial charge >= 0.3 is 0 Å². The number of aromatic nitrogens is 1. The normalized spacial score (nSPS) is 16.1. The van der Waals surface area contributed by atoms with Crippen LogP contribution in [0.5, 0.6) is 0 Å². The molecule has 170 valence electrons. The summed E-state index contributed by atoms with van der Waals surface area (Å²) in [5, 5.41) is 13.4. The second-order valence-electron chi connectivity index (χ2n) is 7.42. The summed E-state index contributed by atoms with van der Waals surface area (Å²) in [6, 6.07) is 11.9. The molecule has 1 saturated heterocycles. The van der Waals surface area contributed by atoms with E-state index in [1.807, 2.05) is 31.2 Å². The first kappa shape index (κ1) is 22.6. The minimum absolute atomic E-state index is 0.0412. The molecular formula is C21H18N4O6S2. The van der Waals surface area contributed by atoms with Gasteiger partial charge in [0.15, 0.2) is 5.13 Å². The Morgan fingerprint density at radius 1 is 1.21 bits per heavy atom. The van der Waals surface area contributed by atoms with Gasteiger partial charge in [0.25, 0.3) is 5.69 Å². The van der Waals surface area contributed by atoms with E-state index in [2.05, 4.69) is 10.3 Å². The van der Waals surface area contributed by atoms with Crippen LogP contribution in [0.2, 0.25) is 0 Å². The van der Waals surface area contributed by atoms with Crippen LogP contribution >= 0.6 is 11.3 Å². The molecule has 2 amide bonds. The Kier molecular flexibility index (Phi) is 5.95. The topological polar surface area (TPSA) is 140 Å². The zero-order valence-electron chi connectivity index (χ0n) is 17.3. The Bertz CT molecular complexity index is 1350. The first-order chi connectivity index (χ1) is 15.7. The lowest BCUT2D eigenvalue weighted by molar-refractivity contribution is -0.384. The van der Waals surface area contributed by atoms with E-state index < -0.39 is 26.6 Å². The van der Waals surface area contributed by atoms with Gasteiger partial charge in [-0.15, -0.1) is 0 Å². The number of nitrogens with zero attached hydrogens (tertiary/aromatic N) is 3. The fourth-order valence-electron chi connectivity index (χ4n) is 3.49. The number of thiazole rings is 1. The molecule has 0 radical (unpaired) electrons. The number of aryl methyl sites for hydroxylation is 1. The highest BCUT2D eigenvalue weighted by atomic mass is 32.2. The van der Waals surface area contributed by atoms with Crippen LogP contribution in [0, 0.1) is 23.0 Å². The summed E-state index contributed by atoms with van der Waals surface area (Å²) in [6.07, 6.45) is 1.16. The van der Waals surface area contributed by atoms with Crippen LogP contribution in [0.4, 0.5) is 16.5 Å². The number of rotatable bonds is 6. The first-order valence-electron chi connectivity index (χ1n) is 9.79. The number of benzene rings is 2. The number of sulfone groups is 1. The van der Waals surface area contributed by atoms with Crippen molar-refractivity contribution >= 4 is 49.5 Å². The average Bonchev–Trinajstić information content (AvgIpc) is 3.41. The number of non-ortho nitro benzene ring substituents is 1. The maximum absolute atomic E-state index is 12.8. The van der Waals surface area contributed by atoms with Crippen molar-refractivity contribution in [1.82, 2.24) is 4.98 Å². The average molecular weight is 487 g/mol. The molecule has 1 aliphatic rings. The molecule has 4 rings (SSSR count). The van der Waals surface area contributed by atoms with Crippen molar-refractivity contribution in [2.45, 2.75) is 22.4 Å². The number of nitro groups is 1. The highest BCUT2D eigenvalue weighted by Gasteiger charge is 2.36. The number of para-hydroxylation sites is 1. The number of nitrogens with one attached hydrogen (secondary N) is 1. The highest BCUT2D eigenvalue weighted by molar-refractivity contribution is 7.93. The minimum atomic E-state index is -3.95. The van der Waals surface area contributed by atoms with Gasteiger partial charge in [-0.2, -0.15) is 0 Å². The van der Waals surface area contributed by atoms with E-state index in [1.165, 1.54) is 0 Å². The Labute approximate surface area is 193 Å². The van der Waals surface area contributed by atoms with Crippen molar-refractivity contribution in [3.8, 4) is 0 Å². The summed E-state index contributed by atoms with van der Waals surface area (Å²) in [6.45, 7) is 2.10. The van der Waals surface area contributed by atoms with Gasteiger partial charge in [0.2, 0.25) is 21.7 Å². The molecule has 1 atom stereocenters. The Morgan fingerprint density at radius 3 is 2.58 bits per heavy atom. The van der Waals surface area contributed by atoms with E-state index in [9.17, 15) is 28.1 Å². The van der Waals surface area contributed by atoms with Crippen molar-refractivity contribution in [2.24, 2.45) is 5.92 Å². The van der Waals surface area contributed by atoms with E-state index >= 15 is 0 Å². The number of nitro benzene ring substituents is 1. The third-order valence-corrected chi connectivity index (χ3v) is 8.38. The lowest BCUT2D eigenvalue weighted by atomic mass is 10.1. The summed E-state index contributed by atoms with van der Waals surface area (Å²) in [4.78, 5) is 40.8. The van der Waals surface area contributed by atoms with E-state index in [0.29, 0.717) is 0 Å². The summed E-state index contributed by atoms with van der Waals surface area (Å²) >= 11 is 0.769. The van der Waals surface area contributed by atoms with Gasteiger partial charge in [-0.25, -0.2) is 13.4 Å². The molecule has 2 aromatic carbocycles. The molecular weight excluding hydrogens is 468 g/mol. The standard InChI is InChI=1S/C21H18N4O6S2/c1-13-4-2-3-5-17(13)24-12-14(10-18(24)26)20(27)23-21-22-11-19(32-21)33(30,31)16-8-6-15(7-9-16)25(28)29/h2-9,11,14H,10,12H2,1H3,(H,22,23,27). The van der Waals surface area contributed by atoms with Gasteiger partial charge in [0, 0.05) is 30.8 Å². The largest absolute Gasteiger partial charge is 0.311 e. The van der Waals surface area contributed by atoms with Crippen LogP contribution in [0.25, 0.3) is 0 Å². The summed E-state index contributed by atoms with van der Waals surface area (Å²) in [7, 11) is -3.95. The summed E-state index contributed by atoms with van der Waals surface area (Å²) in [5.74, 6) is -1.19. The number of hydrogen-bond acceptors (Lipinski definition) is 8. The molecule has 33 heavy (non-hydrogen) atoms. The van der Waals surface area contributed by atoms with E-state index in [1.54, 1.807) is 4.90 Å². The van der Waals surface area contributed by atoms with Crippen LogP contribution < -0.4 is 10.2 Å².